The van der Waals surface area contributed by atoms with Crippen LogP contribution in [0.2, 0.25) is 0 Å². The summed E-state index contributed by atoms with van der Waals surface area (Å²) in [6.45, 7) is 2.27. The molecule has 1 heterocycles. The van der Waals surface area contributed by atoms with E-state index >= 15 is 0 Å². The summed E-state index contributed by atoms with van der Waals surface area (Å²) < 4.78 is 10.7. The molecule has 0 bridgehead atoms. The van der Waals surface area contributed by atoms with Crippen LogP contribution >= 0.6 is 0 Å². The van der Waals surface area contributed by atoms with E-state index in [2.05, 4.69) is 20.8 Å². The summed E-state index contributed by atoms with van der Waals surface area (Å²) in [5, 5.41) is 6.54. The molecule has 0 saturated heterocycles. The molecule has 0 spiro atoms. The molecule has 0 aliphatic heterocycles. The molecule has 26 heavy (non-hydrogen) atoms. The summed E-state index contributed by atoms with van der Waals surface area (Å²) in [5.74, 6) is 0.274. The molecule has 2 aromatic rings. The highest BCUT2D eigenvalue weighted by atomic mass is 16.5. The van der Waals surface area contributed by atoms with Crippen LogP contribution in [0.15, 0.2) is 47.7 Å². The lowest BCUT2D eigenvalue weighted by molar-refractivity contribution is -0.123. The van der Waals surface area contributed by atoms with Gasteiger partial charge in [0.1, 0.15) is 5.69 Å². The molecular weight excluding hydrogens is 336 g/mol. The van der Waals surface area contributed by atoms with Gasteiger partial charge in [-0.1, -0.05) is 6.07 Å². The van der Waals surface area contributed by atoms with Crippen molar-refractivity contribution in [1.82, 2.24) is 15.7 Å². The minimum atomic E-state index is -0.407. The van der Waals surface area contributed by atoms with Crippen molar-refractivity contribution in [3.63, 3.8) is 0 Å². The van der Waals surface area contributed by atoms with Crippen molar-refractivity contribution in [2.24, 2.45) is 5.10 Å². The minimum absolute atomic E-state index is 0.0994. The van der Waals surface area contributed by atoms with E-state index < -0.39 is 5.91 Å². The summed E-state index contributed by atoms with van der Waals surface area (Å²) in [5.41, 5.74) is 3.36. The topological polar surface area (TPSA) is 102 Å². The van der Waals surface area contributed by atoms with Crippen molar-refractivity contribution in [1.29, 1.82) is 0 Å². The number of methoxy groups -OCH3 is 1. The Kier molecular flexibility index (Phi) is 7.11. The van der Waals surface area contributed by atoms with E-state index in [0.29, 0.717) is 23.6 Å². The average Bonchev–Trinajstić information content (AvgIpc) is 2.67. The SMILES string of the molecule is CCNC(=O)COc1ccc(/C=N\NC(=O)c2ccccn2)cc1OC. The zero-order valence-electron chi connectivity index (χ0n) is 14.6. The second-order valence-corrected chi connectivity index (χ2v) is 5.07. The van der Waals surface area contributed by atoms with Crippen LogP contribution in [0.25, 0.3) is 0 Å². The van der Waals surface area contributed by atoms with E-state index in [4.69, 9.17) is 9.47 Å². The number of ether oxygens (including phenoxy) is 2. The van der Waals surface area contributed by atoms with Gasteiger partial charge in [0.05, 0.1) is 13.3 Å². The molecule has 2 amide bonds. The lowest BCUT2D eigenvalue weighted by Gasteiger charge is -2.11. The normalized spacial score (nSPS) is 10.4. The van der Waals surface area contributed by atoms with Gasteiger partial charge in [-0.3, -0.25) is 14.6 Å². The lowest BCUT2D eigenvalue weighted by atomic mass is 10.2. The number of aromatic nitrogens is 1. The number of hydrazone groups is 1. The Morgan fingerprint density at radius 3 is 2.77 bits per heavy atom. The first-order chi connectivity index (χ1) is 12.6. The van der Waals surface area contributed by atoms with Crippen molar-refractivity contribution in [2.45, 2.75) is 6.92 Å². The summed E-state index contributed by atoms with van der Waals surface area (Å²) in [4.78, 5) is 27.2. The highest BCUT2D eigenvalue weighted by Crippen LogP contribution is 2.27. The number of pyridine rings is 1. The number of likely N-dealkylation sites (N-methyl/N-ethyl adjacent to an activating group) is 1. The number of hydrogen-bond acceptors (Lipinski definition) is 6. The molecule has 0 unspecified atom stereocenters. The van der Waals surface area contributed by atoms with Gasteiger partial charge in [0.15, 0.2) is 18.1 Å². The van der Waals surface area contributed by atoms with Gasteiger partial charge < -0.3 is 14.8 Å². The summed E-state index contributed by atoms with van der Waals surface area (Å²) in [6, 6.07) is 10.1. The van der Waals surface area contributed by atoms with E-state index in [1.807, 2.05) is 6.92 Å². The first kappa shape index (κ1) is 18.9. The van der Waals surface area contributed by atoms with Gasteiger partial charge in [-0.15, -0.1) is 0 Å². The van der Waals surface area contributed by atoms with Gasteiger partial charge in [0.2, 0.25) is 0 Å². The smallest absolute Gasteiger partial charge is 0.289 e. The molecular formula is C18H20N4O4. The zero-order valence-corrected chi connectivity index (χ0v) is 14.6. The Morgan fingerprint density at radius 1 is 1.23 bits per heavy atom. The van der Waals surface area contributed by atoms with Gasteiger partial charge in [-0.05, 0) is 42.8 Å². The second kappa shape index (κ2) is 9.77. The third-order valence-corrected chi connectivity index (χ3v) is 3.20. The standard InChI is InChI=1S/C18H20N4O4/c1-3-19-17(23)12-26-15-8-7-13(10-16(15)25-2)11-21-22-18(24)14-6-4-5-9-20-14/h4-11H,3,12H2,1-2H3,(H,19,23)(H,22,24)/b21-11-. The van der Waals surface area contributed by atoms with Crippen molar-refractivity contribution >= 4 is 18.0 Å². The molecule has 2 N–H and O–H groups in total. The van der Waals surface area contributed by atoms with Crippen LogP contribution in [0, 0.1) is 0 Å². The predicted molar refractivity (Wildman–Crippen MR) is 96.5 cm³/mol. The first-order valence-electron chi connectivity index (χ1n) is 7.96. The van der Waals surface area contributed by atoms with Crippen LogP contribution in [0.5, 0.6) is 11.5 Å². The van der Waals surface area contributed by atoms with Crippen molar-refractivity contribution in [3.05, 3.63) is 53.9 Å². The quantitative estimate of drug-likeness (QED) is 0.549. The molecule has 0 radical (unpaired) electrons. The fourth-order valence-electron chi connectivity index (χ4n) is 2.00. The Bertz CT molecular complexity index is 778. The number of nitrogens with zero attached hydrogens (tertiary/aromatic N) is 2. The van der Waals surface area contributed by atoms with E-state index in [1.54, 1.807) is 36.4 Å². The first-order valence-corrected chi connectivity index (χ1v) is 7.96. The number of carbonyl (C=O) groups is 2. The van der Waals surface area contributed by atoms with E-state index in [9.17, 15) is 9.59 Å². The Hall–Kier alpha value is -3.42. The van der Waals surface area contributed by atoms with Crippen molar-refractivity contribution in [3.8, 4) is 11.5 Å². The maximum absolute atomic E-state index is 11.8. The number of nitrogens with one attached hydrogen (secondary N) is 2. The summed E-state index contributed by atoms with van der Waals surface area (Å²) in [7, 11) is 1.50. The van der Waals surface area contributed by atoms with Gasteiger partial charge in [-0.25, -0.2) is 5.43 Å². The fraction of sp³-hybridized carbons (Fsp3) is 0.222. The van der Waals surface area contributed by atoms with E-state index in [1.165, 1.54) is 19.5 Å². The number of rotatable bonds is 8. The van der Waals surface area contributed by atoms with Crippen LogP contribution in [0.3, 0.4) is 0 Å². The third kappa shape index (κ3) is 5.59. The maximum atomic E-state index is 11.8. The number of benzene rings is 1. The molecule has 0 atom stereocenters. The zero-order chi connectivity index (χ0) is 18.8. The number of amides is 2. The molecule has 1 aromatic heterocycles. The number of carbonyl (C=O) groups excluding carboxylic acids is 2. The van der Waals surface area contributed by atoms with Gasteiger partial charge in [0, 0.05) is 12.7 Å². The van der Waals surface area contributed by atoms with Gasteiger partial charge in [0.25, 0.3) is 11.8 Å². The molecule has 0 saturated carbocycles. The summed E-state index contributed by atoms with van der Waals surface area (Å²) in [6.07, 6.45) is 3.00. The molecule has 0 aliphatic carbocycles. The molecule has 2 rings (SSSR count). The summed E-state index contributed by atoms with van der Waals surface area (Å²) >= 11 is 0. The van der Waals surface area contributed by atoms with Gasteiger partial charge in [-0.2, -0.15) is 5.10 Å². The Morgan fingerprint density at radius 2 is 2.08 bits per heavy atom. The van der Waals surface area contributed by atoms with Crippen molar-refractivity contribution in [2.75, 3.05) is 20.3 Å². The van der Waals surface area contributed by atoms with Gasteiger partial charge >= 0.3 is 0 Å². The van der Waals surface area contributed by atoms with Crippen molar-refractivity contribution < 1.29 is 19.1 Å². The maximum Gasteiger partial charge on any atom is 0.289 e. The highest BCUT2D eigenvalue weighted by molar-refractivity contribution is 5.93. The minimum Gasteiger partial charge on any atom is -0.493 e. The van der Waals surface area contributed by atoms with Crippen LogP contribution in [-0.4, -0.2) is 43.3 Å². The number of hydrogen-bond donors (Lipinski definition) is 2. The van der Waals surface area contributed by atoms with Crippen LogP contribution in [-0.2, 0) is 4.79 Å². The largest absolute Gasteiger partial charge is 0.493 e. The Labute approximate surface area is 151 Å². The Balaban J connectivity index is 1.97. The van der Waals surface area contributed by atoms with Crippen LogP contribution in [0.4, 0.5) is 0 Å². The molecule has 8 heteroatoms. The molecule has 8 nitrogen and oxygen atoms in total. The second-order valence-electron chi connectivity index (χ2n) is 5.07. The van der Waals surface area contributed by atoms with E-state index in [-0.39, 0.29) is 18.2 Å². The average molecular weight is 356 g/mol. The van der Waals surface area contributed by atoms with Crippen LogP contribution < -0.4 is 20.2 Å². The monoisotopic (exact) mass is 356 g/mol. The molecule has 0 fully saturated rings. The third-order valence-electron chi connectivity index (χ3n) is 3.20. The predicted octanol–water partition coefficient (Wildman–Crippen LogP) is 1.37. The molecule has 1 aromatic carbocycles. The lowest BCUT2D eigenvalue weighted by Crippen LogP contribution is -2.28. The van der Waals surface area contributed by atoms with Crippen LogP contribution in [0.1, 0.15) is 23.0 Å². The fourth-order valence-corrected chi connectivity index (χ4v) is 2.00. The molecule has 136 valence electrons. The van der Waals surface area contributed by atoms with E-state index in [0.717, 1.165) is 0 Å². The highest BCUT2D eigenvalue weighted by Gasteiger charge is 2.08. The molecule has 0 aliphatic rings.